The van der Waals surface area contributed by atoms with Gasteiger partial charge in [0.25, 0.3) is 0 Å². The molecule has 0 aliphatic heterocycles. The van der Waals surface area contributed by atoms with Crippen molar-refractivity contribution < 1.29 is 9.18 Å². The van der Waals surface area contributed by atoms with Gasteiger partial charge < -0.3 is 5.73 Å². The van der Waals surface area contributed by atoms with Crippen LogP contribution in [0.3, 0.4) is 0 Å². The molecule has 1 atom stereocenters. The minimum Gasteiger partial charge on any atom is -0.369 e. The van der Waals surface area contributed by atoms with Crippen molar-refractivity contribution in [3.05, 3.63) is 83.8 Å². The van der Waals surface area contributed by atoms with Crippen molar-refractivity contribution in [3.63, 3.8) is 0 Å². The Hall–Kier alpha value is -2.73. The van der Waals surface area contributed by atoms with E-state index in [0.717, 1.165) is 4.90 Å². The fourth-order valence-corrected chi connectivity index (χ4v) is 3.04. The van der Waals surface area contributed by atoms with E-state index in [0.29, 0.717) is 16.3 Å². The third-order valence-corrected chi connectivity index (χ3v) is 4.34. The molecule has 28 heavy (non-hydrogen) atoms. The topological polar surface area (TPSA) is 68.9 Å². The summed E-state index contributed by atoms with van der Waals surface area (Å²) in [5.74, 6) is -1.68. The Morgan fingerprint density at radius 2 is 1.61 bits per heavy atom. The van der Waals surface area contributed by atoms with Crippen molar-refractivity contribution in [2.45, 2.75) is 43.5 Å². The zero-order valence-corrected chi connectivity index (χ0v) is 16.1. The predicted molar refractivity (Wildman–Crippen MR) is 113 cm³/mol. The minimum absolute atomic E-state index is 0. The summed E-state index contributed by atoms with van der Waals surface area (Å²) in [6.07, 6.45) is 1.25. The van der Waals surface area contributed by atoms with Crippen LogP contribution in [0.4, 0.5) is 4.39 Å². The summed E-state index contributed by atoms with van der Waals surface area (Å²) in [6, 6.07) is 18.9. The lowest BCUT2D eigenvalue weighted by Gasteiger charge is -2.13. The van der Waals surface area contributed by atoms with Gasteiger partial charge in [0, 0.05) is 4.90 Å². The Labute approximate surface area is 170 Å². The highest BCUT2D eigenvalue weighted by molar-refractivity contribution is 7.99. The maximum atomic E-state index is 13.1. The summed E-state index contributed by atoms with van der Waals surface area (Å²) in [5.41, 5.74) is 6.52. The predicted octanol–water partition coefficient (Wildman–Crippen LogP) is 5.44. The number of nitrogens with two attached hydrogens (primary N) is 1. The van der Waals surface area contributed by atoms with E-state index in [2.05, 4.69) is 24.0 Å². The normalized spacial score (nSPS) is 10.8. The highest BCUT2D eigenvalue weighted by Crippen LogP contribution is 2.27. The largest absolute Gasteiger partial charge is 0.369 e. The second-order valence-corrected chi connectivity index (χ2v) is 6.90. The number of carbonyl (C=O) groups excluding carboxylic acids is 1. The van der Waals surface area contributed by atoms with Crippen molar-refractivity contribution in [1.29, 1.82) is 0 Å². The van der Waals surface area contributed by atoms with Crippen LogP contribution in [0.15, 0.2) is 76.7 Å². The van der Waals surface area contributed by atoms with E-state index in [-0.39, 0.29) is 13.2 Å². The van der Waals surface area contributed by atoms with E-state index < -0.39 is 11.8 Å². The summed E-state index contributed by atoms with van der Waals surface area (Å²) < 4.78 is 13.1. The van der Waals surface area contributed by atoms with E-state index in [1.54, 1.807) is 12.1 Å². The molecule has 2 N–H and O–H groups in total. The van der Waals surface area contributed by atoms with Gasteiger partial charge in [0.2, 0.25) is 5.91 Å². The Bertz CT molecular complexity index is 840. The number of aromatic nitrogens is 2. The number of hydrogen-bond acceptors (Lipinski definition) is 4. The first-order chi connectivity index (χ1) is 13.0. The van der Waals surface area contributed by atoms with Crippen molar-refractivity contribution in [3.8, 4) is 0 Å². The molecule has 1 heterocycles. The van der Waals surface area contributed by atoms with E-state index in [4.69, 9.17) is 5.73 Å². The molecule has 6 heteroatoms. The molecule has 0 fully saturated rings. The molecule has 3 rings (SSSR count). The van der Waals surface area contributed by atoms with Gasteiger partial charge >= 0.3 is 0 Å². The number of benzene rings is 2. The SMILES string of the molecule is C.CCC.NC(=O)C(c1ccc(F)cc1)c1ccc(Sc2ccccc2)nn1. The van der Waals surface area contributed by atoms with Crippen molar-refractivity contribution >= 4 is 17.7 Å². The second-order valence-electron chi connectivity index (χ2n) is 5.81. The fraction of sp³-hybridized carbons (Fsp3) is 0.227. The Morgan fingerprint density at radius 1 is 1.00 bits per heavy atom. The number of rotatable bonds is 5. The number of halogens is 1. The molecule has 148 valence electrons. The van der Waals surface area contributed by atoms with Gasteiger partial charge in [-0.3, -0.25) is 4.79 Å². The highest BCUT2D eigenvalue weighted by atomic mass is 32.2. The number of nitrogens with zero attached hydrogens (tertiary/aromatic N) is 2. The molecule has 1 aromatic heterocycles. The number of hydrogen-bond donors (Lipinski definition) is 1. The molecule has 2 aromatic carbocycles. The summed E-state index contributed by atoms with van der Waals surface area (Å²) in [5, 5.41) is 9.00. The monoisotopic (exact) mass is 399 g/mol. The van der Waals surface area contributed by atoms with Gasteiger partial charge in [-0.05, 0) is 42.0 Å². The van der Waals surface area contributed by atoms with Gasteiger partial charge in [0.15, 0.2) is 0 Å². The van der Waals surface area contributed by atoms with Crippen LogP contribution >= 0.6 is 11.8 Å². The molecule has 0 bridgehead atoms. The third-order valence-electron chi connectivity index (χ3n) is 3.41. The van der Waals surface area contributed by atoms with Gasteiger partial charge in [0.1, 0.15) is 16.8 Å². The van der Waals surface area contributed by atoms with Crippen LogP contribution in [0.5, 0.6) is 0 Å². The lowest BCUT2D eigenvalue weighted by atomic mass is 9.95. The average molecular weight is 400 g/mol. The molecule has 4 nitrogen and oxygen atoms in total. The molecule has 0 saturated carbocycles. The van der Waals surface area contributed by atoms with Crippen LogP contribution < -0.4 is 5.73 Å². The van der Waals surface area contributed by atoms with Crippen LogP contribution in [0.2, 0.25) is 0 Å². The maximum Gasteiger partial charge on any atom is 0.231 e. The van der Waals surface area contributed by atoms with E-state index in [9.17, 15) is 9.18 Å². The molecule has 0 radical (unpaired) electrons. The van der Waals surface area contributed by atoms with Crippen molar-refractivity contribution in [2.75, 3.05) is 0 Å². The lowest BCUT2D eigenvalue weighted by Crippen LogP contribution is -2.23. The number of primary amides is 1. The smallest absolute Gasteiger partial charge is 0.231 e. The zero-order chi connectivity index (χ0) is 19.6. The van der Waals surface area contributed by atoms with E-state index in [1.807, 2.05) is 30.3 Å². The van der Waals surface area contributed by atoms with Crippen LogP contribution in [0, 0.1) is 5.82 Å². The average Bonchev–Trinajstić information content (AvgIpc) is 2.66. The molecule has 1 unspecified atom stereocenters. The molecule has 3 aromatic rings. The van der Waals surface area contributed by atoms with Crippen LogP contribution in [-0.2, 0) is 4.79 Å². The number of carbonyl (C=O) groups is 1. The zero-order valence-electron chi connectivity index (χ0n) is 15.3. The summed E-state index contributed by atoms with van der Waals surface area (Å²) >= 11 is 1.47. The Morgan fingerprint density at radius 3 is 2.11 bits per heavy atom. The van der Waals surface area contributed by atoms with Crippen molar-refractivity contribution in [1.82, 2.24) is 10.2 Å². The summed E-state index contributed by atoms with van der Waals surface area (Å²) in [6.45, 7) is 4.25. The first kappa shape index (κ1) is 23.3. The van der Waals surface area contributed by atoms with Gasteiger partial charge in [-0.15, -0.1) is 5.10 Å². The molecule has 0 saturated heterocycles. The van der Waals surface area contributed by atoms with Gasteiger partial charge in [-0.2, -0.15) is 5.10 Å². The van der Waals surface area contributed by atoms with Gasteiger partial charge in [0.05, 0.1) is 5.69 Å². The number of amides is 1. The van der Waals surface area contributed by atoms with Crippen molar-refractivity contribution in [2.24, 2.45) is 5.73 Å². The molecule has 0 aliphatic rings. The van der Waals surface area contributed by atoms with Gasteiger partial charge in [-0.25, -0.2) is 4.39 Å². The van der Waals surface area contributed by atoms with Gasteiger partial charge in [-0.1, -0.05) is 69.8 Å². The third kappa shape index (κ3) is 6.78. The van der Waals surface area contributed by atoms with E-state index >= 15 is 0 Å². The van der Waals surface area contributed by atoms with Crippen LogP contribution in [-0.4, -0.2) is 16.1 Å². The Balaban J connectivity index is 0.000000921. The fourth-order valence-electron chi connectivity index (χ4n) is 2.28. The Kier molecular flexibility index (Phi) is 9.88. The standard InChI is InChI=1S/C18H14FN3OS.C3H8.CH4/c19-13-8-6-12(7-9-13)17(18(20)23)15-10-11-16(22-21-15)24-14-4-2-1-3-5-14;1-3-2;/h1-11,17H,(H2,20,23);3H2,1-2H3;1H4. The highest BCUT2D eigenvalue weighted by Gasteiger charge is 2.22. The first-order valence-electron chi connectivity index (χ1n) is 8.66. The molecular formula is C22H26FN3OS. The van der Waals surface area contributed by atoms with Crippen LogP contribution in [0.25, 0.3) is 0 Å². The minimum atomic E-state index is -0.756. The molecule has 0 aliphatic carbocycles. The first-order valence-corrected chi connectivity index (χ1v) is 9.48. The van der Waals surface area contributed by atoms with E-state index in [1.165, 1.54) is 42.4 Å². The molecule has 0 spiro atoms. The molecule has 1 amide bonds. The summed E-state index contributed by atoms with van der Waals surface area (Å²) in [7, 11) is 0. The summed E-state index contributed by atoms with van der Waals surface area (Å²) in [4.78, 5) is 12.9. The second kappa shape index (κ2) is 11.9. The molecular weight excluding hydrogens is 373 g/mol. The quantitative estimate of drug-likeness (QED) is 0.620. The van der Waals surface area contributed by atoms with Crippen LogP contribution in [0.1, 0.15) is 44.9 Å². The lowest BCUT2D eigenvalue weighted by molar-refractivity contribution is -0.118. The maximum absolute atomic E-state index is 13.1.